The molecule has 6 saturated heterocycles. The van der Waals surface area contributed by atoms with E-state index in [2.05, 4.69) is 0 Å². The minimum atomic E-state index is -4.48. The third kappa shape index (κ3) is 4.26. The normalized spacial score (nSPS) is 60.8. The highest BCUT2D eigenvalue weighted by Crippen LogP contribution is 2.42. The van der Waals surface area contributed by atoms with Gasteiger partial charge in [-0.3, -0.25) is 37.8 Å². The van der Waals surface area contributed by atoms with Crippen molar-refractivity contribution >= 4 is 71.6 Å². The summed E-state index contributed by atoms with van der Waals surface area (Å²) >= 11 is 0. The van der Waals surface area contributed by atoms with Crippen LogP contribution in [0.4, 0.5) is 0 Å². The summed E-state index contributed by atoms with van der Waals surface area (Å²) in [4.78, 5) is 0. The molecule has 6 fully saturated rings. The molecule has 0 radical (unpaired) electrons. The summed E-state index contributed by atoms with van der Waals surface area (Å²) in [6.07, 6.45) is 0.315. The summed E-state index contributed by atoms with van der Waals surface area (Å²) in [5, 5.41) is 43.7. The van der Waals surface area contributed by atoms with Gasteiger partial charge in [0.2, 0.25) is 0 Å². The molecule has 0 unspecified atom stereocenters. The van der Waals surface area contributed by atoms with Crippen LogP contribution in [0.25, 0.3) is 0 Å². The Morgan fingerprint density at radius 3 is 0.839 bits per heavy atom. The molecule has 0 aromatic rings. The van der Waals surface area contributed by atoms with Gasteiger partial charge in [-0.15, -0.1) is 0 Å². The van der Waals surface area contributed by atoms with Crippen LogP contribution in [0.15, 0.2) is 0 Å². The van der Waals surface area contributed by atoms with Gasteiger partial charge < -0.3 is 55.1 Å². The van der Waals surface area contributed by atoms with E-state index in [1.165, 1.54) is 0 Å². The van der Waals surface area contributed by atoms with E-state index in [0.29, 0.717) is 6.42 Å². The first-order valence-corrected chi connectivity index (χ1v) is 23.2. The first-order chi connectivity index (χ1) is 14.0. The molecule has 0 atom stereocenters. The summed E-state index contributed by atoms with van der Waals surface area (Å²) in [5.74, 6) is 0. The van der Waals surface area contributed by atoms with Gasteiger partial charge in [-0.25, -0.2) is 0 Å². The molecular formula is C3H22N8O12Si8. The Bertz CT molecular complexity index is 686. The van der Waals surface area contributed by atoms with Crippen LogP contribution in [0.1, 0.15) is 6.42 Å². The molecule has 31 heavy (non-hydrogen) atoms. The summed E-state index contributed by atoms with van der Waals surface area (Å²) in [5.41, 5.74) is 5.65. The van der Waals surface area contributed by atoms with Crippen LogP contribution in [0, 0.1) is 0 Å². The topological polar surface area (TPSA) is 319 Å². The Morgan fingerprint density at radius 2 is 0.613 bits per heavy atom. The fourth-order valence-corrected chi connectivity index (χ4v) is 37.7. The lowest BCUT2D eigenvalue weighted by Gasteiger charge is -2.57. The molecule has 0 aromatic carbocycles. The van der Waals surface area contributed by atoms with Crippen molar-refractivity contribution in [3.8, 4) is 0 Å². The van der Waals surface area contributed by atoms with Crippen molar-refractivity contribution in [1.82, 2.24) is 0 Å². The van der Waals surface area contributed by atoms with Crippen LogP contribution in [-0.4, -0.2) is 78.1 Å². The largest absolute Gasteiger partial charge is 0.574 e. The van der Waals surface area contributed by atoms with Gasteiger partial charge in [0.15, 0.2) is 0 Å². The molecule has 6 aliphatic heterocycles. The van der Waals surface area contributed by atoms with E-state index >= 15 is 0 Å². The van der Waals surface area contributed by atoms with E-state index in [1.807, 2.05) is 0 Å². The number of rotatable bonds is 3. The van der Waals surface area contributed by atoms with E-state index in [9.17, 15) is 0 Å². The minimum Gasteiger partial charge on any atom is -0.360 e. The third-order valence-corrected chi connectivity index (χ3v) is 32.7. The van der Waals surface area contributed by atoms with Crippen molar-refractivity contribution in [2.45, 2.75) is 12.5 Å². The second kappa shape index (κ2) is 6.78. The highest BCUT2D eigenvalue weighted by Gasteiger charge is 2.82. The SMILES string of the molecule is NCCC[Si]12O[Si]3(N)O[Si]4(N)O[Si]5(N)O[Si](N)(O3)O[Si](N)(O[Si](N)(O5)O[Si](N)(O4)O1)O2. The summed E-state index contributed by atoms with van der Waals surface area (Å²) in [6.45, 7) is 0.213. The van der Waals surface area contributed by atoms with Crippen molar-refractivity contribution in [3.05, 3.63) is 0 Å². The van der Waals surface area contributed by atoms with E-state index in [1.54, 1.807) is 0 Å². The van der Waals surface area contributed by atoms with Gasteiger partial charge in [0.05, 0.1) is 0 Å². The Balaban J connectivity index is 1.75. The maximum Gasteiger partial charge on any atom is 0.574 e. The Morgan fingerprint density at radius 1 is 0.387 bits per heavy atom. The van der Waals surface area contributed by atoms with Gasteiger partial charge in [-0.05, 0) is 13.0 Å². The first-order valence-electron chi connectivity index (χ1n) is 8.68. The average molecular weight is 587 g/mol. The summed E-state index contributed by atoms with van der Waals surface area (Å²) in [7, 11) is -35.3. The van der Waals surface area contributed by atoms with Gasteiger partial charge in [0.1, 0.15) is 0 Å². The van der Waals surface area contributed by atoms with Crippen molar-refractivity contribution in [2.75, 3.05) is 6.54 Å². The van der Waals surface area contributed by atoms with Crippen LogP contribution >= 0.6 is 0 Å². The molecular weight excluding hydrogens is 565 g/mol. The van der Waals surface area contributed by atoms with Gasteiger partial charge in [-0.2, -0.15) is 0 Å². The Kier molecular flexibility index (Phi) is 5.18. The van der Waals surface area contributed by atoms with Crippen molar-refractivity contribution in [1.29, 1.82) is 0 Å². The highest BCUT2D eigenvalue weighted by molar-refractivity contribution is 7.00. The maximum atomic E-state index is 6.31. The lowest BCUT2D eigenvalue weighted by Crippen LogP contribution is -2.95. The quantitative estimate of drug-likeness (QED) is 0.142. The second-order valence-electron chi connectivity index (χ2n) is 7.02. The lowest BCUT2D eigenvalue weighted by molar-refractivity contribution is -0.0290. The molecule has 6 heterocycles. The number of hydrogen-bond donors (Lipinski definition) is 8. The van der Waals surface area contributed by atoms with Crippen molar-refractivity contribution < 1.29 is 49.4 Å². The predicted molar refractivity (Wildman–Crippen MR) is 107 cm³/mol. The van der Waals surface area contributed by atoms with Crippen LogP contribution in [0.2, 0.25) is 6.04 Å². The molecule has 0 spiro atoms. The smallest absolute Gasteiger partial charge is 0.360 e. The number of nitrogens with two attached hydrogens (primary N) is 8. The van der Waals surface area contributed by atoms with E-state index in [0.717, 1.165) is 0 Å². The van der Waals surface area contributed by atoms with Gasteiger partial charge >= 0.3 is 71.6 Å². The monoisotopic (exact) mass is 586 g/mol. The molecule has 20 nitrogen and oxygen atoms in total. The average Bonchev–Trinajstić information content (AvgIpc) is 2.42. The van der Waals surface area contributed by atoms with Gasteiger partial charge in [0.25, 0.3) is 0 Å². The zero-order valence-electron chi connectivity index (χ0n) is 15.6. The minimum absolute atomic E-state index is 0.0229. The molecule has 0 amide bonds. The highest BCUT2D eigenvalue weighted by atomic mass is 28.6. The predicted octanol–water partition coefficient (Wildman–Crippen LogP) is -7.70. The van der Waals surface area contributed by atoms with Crippen molar-refractivity contribution in [3.63, 3.8) is 0 Å². The van der Waals surface area contributed by atoms with E-state index in [4.69, 9.17) is 92.9 Å². The zero-order valence-corrected chi connectivity index (χ0v) is 23.6. The van der Waals surface area contributed by atoms with Gasteiger partial charge in [0, 0.05) is 6.04 Å². The number of hydrogen-bond acceptors (Lipinski definition) is 20. The van der Waals surface area contributed by atoms with E-state index in [-0.39, 0.29) is 12.6 Å². The fourth-order valence-electron chi connectivity index (χ4n) is 3.41. The van der Waals surface area contributed by atoms with E-state index < -0.39 is 71.6 Å². The van der Waals surface area contributed by atoms with Crippen molar-refractivity contribution in [2.24, 2.45) is 43.5 Å². The Hall–Kier alpha value is 0.935. The molecule has 8 bridgehead atoms. The summed E-state index contributed by atoms with van der Waals surface area (Å²) in [6, 6.07) is 0.0229. The molecule has 28 heteroatoms. The lowest BCUT2D eigenvalue weighted by atomic mass is 10.5. The summed E-state index contributed by atoms with van der Waals surface area (Å²) < 4.78 is 69.4. The standard InChI is InChI=1S/C3H22N8O12Si8/c4-2-1-3-24-12-25(5)15-28(8)17-26(6,13-24)19-30(10)20-27(7,14-24)18-29(9,16-25)22-31(11,21-28)23-30/h1-11H2. The molecule has 0 saturated carbocycles. The molecule has 6 rings (SSSR count). The molecule has 16 N–H and O–H groups in total. The van der Waals surface area contributed by atoms with Gasteiger partial charge in [-0.1, -0.05) is 0 Å². The second-order valence-corrected chi connectivity index (χ2v) is 27.1. The molecule has 0 aromatic heterocycles. The van der Waals surface area contributed by atoms with Crippen LogP contribution in [-0.2, 0) is 49.4 Å². The third-order valence-electron chi connectivity index (χ3n) is 4.14. The zero-order chi connectivity index (χ0) is 22.6. The molecule has 0 aliphatic carbocycles. The van der Waals surface area contributed by atoms with Crippen LogP contribution in [0.5, 0.6) is 0 Å². The molecule has 6 aliphatic rings. The molecule has 178 valence electrons. The van der Waals surface area contributed by atoms with Crippen LogP contribution < -0.4 is 43.5 Å². The fraction of sp³-hybridized carbons (Fsp3) is 1.00. The van der Waals surface area contributed by atoms with Crippen LogP contribution in [0.3, 0.4) is 0 Å². The first kappa shape index (κ1) is 23.7. The maximum absolute atomic E-state index is 6.31. The Labute approximate surface area is 183 Å².